The van der Waals surface area contributed by atoms with Crippen LogP contribution in [0.15, 0.2) is 83.7 Å². The Bertz CT molecular complexity index is 1120. The first-order valence-electron chi connectivity index (χ1n) is 8.36. The summed E-state index contributed by atoms with van der Waals surface area (Å²) in [5.74, 6) is 1.47. The lowest BCUT2D eigenvalue weighted by Gasteiger charge is -2.09. The van der Waals surface area contributed by atoms with E-state index in [1.165, 1.54) is 0 Å². The van der Waals surface area contributed by atoms with Gasteiger partial charge in [0.25, 0.3) is 5.56 Å². The Morgan fingerprint density at radius 1 is 0.846 bits per heavy atom. The molecule has 0 saturated carbocycles. The third kappa shape index (κ3) is 3.17. The van der Waals surface area contributed by atoms with Gasteiger partial charge in [-0.25, -0.2) is 0 Å². The molecule has 0 amide bonds. The summed E-state index contributed by atoms with van der Waals surface area (Å²) in [6.45, 7) is 0. The van der Waals surface area contributed by atoms with Crippen LogP contribution < -0.4 is 15.6 Å². The van der Waals surface area contributed by atoms with Crippen molar-refractivity contribution < 1.29 is 4.74 Å². The number of aromatic amines is 1. The van der Waals surface area contributed by atoms with E-state index in [9.17, 15) is 4.79 Å². The molecule has 0 radical (unpaired) electrons. The van der Waals surface area contributed by atoms with Crippen molar-refractivity contribution in [3.05, 3.63) is 89.2 Å². The summed E-state index contributed by atoms with van der Waals surface area (Å²) in [5.41, 5.74) is 2.89. The van der Waals surface area contributed by atoms with E-state index in [4.69, 9.17) is 4.74 Å². The number of anilines is 2. The summed E-state index contributed by atoms with van der Waals surface area (Å²) in [6, 6.07) is 25.4. The van der Waals surface area contributed by atoms with E-state index >= 15 is 0 Å². The van der Waals surface area contributed by atoms with E-state index in [1.54, 1.807) is 7.11 Å². The smallest absolute Gasteiger partial charge is 0.257 e. The van der Waals surface area contributed by atoms with Crippen molar-refractivity contribution in [3.8, 4) is 16.9 Å². The Morgan fingerprint density at radius 2 is 1.65 bits per heavy atom. The van der Waals surface area contributed by atoms with Crippen molar-refractivity contribution in [2.24, 2.45) is 0 Å². The molecule has 0 saturated heterocycles. The van der Waals surface area contributed by atoms with Crippen molar-refractivity contribution in [2.75, 3.05) is 12.4 Å². The van der Waals surface area contributed by atoms with Crippen molar-refractivity contribution in [1.29, 1.82) is 0 Å². The summed E-state index contributed by atoms with van der Waals surface area (Å²) >= 11 is 0. The zero-order valence-electron chi connectivity index (χ0n) is 14.3. The largest absolute Gasteiger partial charge is 0.497 e. The highest BCUT2D eigenvalue weighted by Crippen LogP contribution is 2.27. The van der Waals surface area contributed by atoms with Gasteiger partial charge in [-0.05, 0) is 59.0 Å². The van der Waals surface area contributed by atoms with Gasteiger partial charge in [0.1, 0.15) is 11.6 Å². The van der Waals surface area contributed by atoms with Gasteiger partial charge in [0.15, 0.2) is 0 Å². The third-order valence-corrected chi connectivity index (χ3v) is 4.30. The number of fused-ring (bicyclic) bond motifs is 1. The van der Waals surface area contributed by atoms with Crippen LogP contribution in [-0.2, 0) is 0 Å². The number of ether oxygens (including phenoxy) is 1. The van der Waals surface area contributed by atoms with Crippen LogP contribution in [0.3, 0.4) is 0 Å². The Hall–Kier alpha value is -3.53. The zero-order chi connectivity index (χ0) is 17.9. The summed E-state index contributed by atoms with van der Waals surface area (Å²) in [7, 11) is 1.65. The molecule has 4 heteroatoms. The molecule has 0 aliphatic rings. The van der Waals surface area contributed by atoms with E-state index in [2.05, 4.69) is 10.3 Å². The molecule has 128 valence electrons. The molecular formula is C22H18N2O2. The monoisotopic (exact) mass is 342 g/mol. The van der Waals surface area contributed by atoms with Gasteiger partial charge < -0.3 is 15.0 Å². The normalized spacial score (nSPS) is 10.7. The highest BCUT2D eigenvalue weighted by molar-refractivity contribution is 5.88. The molecule has 0 spiro atoms. The van der Waals surface area contributed by atoms with E-state index in [-0.39, 0.29) is 5.56 Å². The SMILES string of the molecule is COc1cccc(-c2ccc3c(=O)[nH]c(Nc4ccccc4)cc3c2)c1. The van der Waals surface area contributed by atoms with Gasteiger partial charge in [0, 0.05) is 11.1 Å². The number of methoxy groups -OCH3 is 1. The van der Waals surface area contributed by atoms with Crippen LogP contribution in [0.1, 0.15) is 0 Å². The molecule has 0 unspecified atom stereocenters. The van der Waals surface area contributed by atoms with Gasteiger partial charge in [0.05, 0.1) is 7.11 Å². The molecule has 4 nitrogen and oxygen atoms in total. The van der Waals surface area contributed by atoms with Crippen LogP contribution in [0.4, 0.5) is 11.5 Å². The van der Waals surface area contributed by atoms with Crippen molar-refractivity contribution in [3.63, 3.8) is 0 Å². The third-order valence-electron chi connectivity index (χ3n) is 4.30. The topological polar surface area (TPSA) is 54.1 Å². The van der Waals surface area contributed by atoms with Crippen molar-refractivity contribution in [1.82, 2.24) is 4.98 Å². The van der Waals surface area contributed by atoms with Crippen molar-refractivity contribution >= 4 is 22.3 Å². The number of H-pyrrole nitrogens is 1. The first-order chi connectivity index (χ1) is 12.7. The molecule has 4 rings (SSSR count). The Morgan fingerprint density at radius 3 is 2.46 bits per heavy atom. The van der Waals surface area contributed by atoms with E-state index in [0.717, 1.165) is 28.0 Å². The number of pyridine rings is 1. The van der Waals surface area contributed by atoms with Gasteiger partial charge in [-0.1, -0.05) is 36.4 Å². The minimum absolute atomic E-state index is 0.113. The number of hydrogen-bond donors (Lipinski definition) is 2. The molecule has 4 aromatic rings. The molecule has 0 aliphatic carbocycles. The van der Waals surface area contributed by atoms with Crippen LogP contribution in [0.5, 0.6) is 5.75 Å². The van der Waals surface area contributed by atoms with E-state index < -0.39 is 0 Å². The summed E-state index contributed by atoms with van der Waals surface area (Å²) in [6.07, 6.45) is 0. The zero-order valence-corrected chi connectivity index (χ0v) is 14.3. The fourth-order valence-corrected chi connectivity index (χ4v) is 3.00. The lowest BCUT2D eigenvalue weighted by Crippen LogP contribution is -2.08. The van der Waals surface area contributed by atoms with E-state index in [1.807, 2.05) is 78.9 Å². The van der Waals surface area contributed by atoms with Crippen LogP contribution in [-0.4, -0.2) is 12.1 Å². The highest BCUT2D eigenvalue weighted by atomic mass is 16.5. The molecule has 1 heterocycles. The molecule has 0 atom stereocenters. The Balaban J connectivity index is 1.77. The number of benzene rings is 3. The second kappa shape index (κ2) is 6.76. The summed E-state index contributed by atoms with van der Waals surface area (Å²) < 4.78 is 5.30. The number of hydrogen-bond acceptors (Lipinski definition) is 3. The highest BCUT2D eigenvalue weighted by Gasteiger charge is 2.06. The van der Waals surface area contributed by atoms with Crippen LogP contribution in [0.25, 0.3) is 21.9 Å². The number of rotatable bonds is 4. The molecule has 0 bridgehead atoms. The maximum Gasteiger partial charge on any atom is 0.257 e. The minimum Gasteiger partial charge on any atom is -0.497 e. The molecule has 2 N–H and O–H groups in total. The van der Waals surface area contributed by atoms with Gasteiger partial charge in [-0.15, -0.1) is 0 Å². The van der Waals surface area contributed by atoms with Crippen LogP contribution >= 0.6 is 0 Å². The molecule has 1 aromatic heterocycles. The molecular weight excluding hydrogens is 324 g/mol. The molecule has 0 fully saturated rings. The second-order valence-electron chi connectivity index (χ2n) is 6.04. The minimum atomic E-state index is -0.113. The lowest BCUT2D eigenvalue weighted by molar-refractivity contribution is 0.415. The fourth-order valence-electron chi connectivity index (χ4n) is 3.00. The van der Waals surface area contributed by atoms with Crippen LogP contribution in [0, 0.1) is 0 Å². The molecule has 26 heavy (non-hydrogen) atoms. The fraction of sp³-hybridized carbons (Fsp3) is 0.0455. The summed E-state index contributed by atoms with van der Waals surface area (Å²) in [5, 5.41) is 4.78. The Kier molecular flexibility index (Phi) is 4.15. The number of nitrogens with one attached hydrogen (secondary N) is 2. The summed E-state index contributed by atoms with van der Waals surface area (Å²) in [4.78, 5) is 15.3. The lowest BCUT2D eigenvalue weighted by atomic mass is 10.0. The maximum atomic E-state index is 12.4. The first kappa shape index (κ1) is 16.0. The van der Waals surface area contributed by atoms with Crippen molar-refractivity contribution in [2.45, 2.75) is 0 Å². The van der Waals surface area contributed by atoms with Gasteiger partial charge in [0.2, 0.25) is 0 Å². The number of aromatic nitrogens is 1. The second-order valence-corrected chi connectivity index (χ2v) is 6.04. The molecule has 3 aromatic carbocycles. The van der Waals surface area contributed by atoms with Gasteiger partial charge in [-0.2, -0.15) is 0 Å². The average Bonchev–Trinajstić information content (AvgIpc) is 2.68. The standard InChI is InChI=1S/C22H18N2O2/c1-26-19-9-5-6-15(13-19)16-10-11-20-17(12-16)14-21(24-22(20)25)23-18-7-3-2-4-8-18/h2-14H,1H3,(H2,23,24,25). The Labute approximate surface area is 151 Å². The number of para-hydroxylation sites is 1. The predicted octanol–water partition coefficient (Wildman–Crippen LogP) is 4.95. The van der Waals surface area contributed by atoms with Gasteiger partial charge >= 0.3 is 0 Å². The van der Waals surface area contributed by atoms with Crippen LogP contribution in [0.2, 0.25) is 0 Å². The van der Waals surface area contributed by atoms with E-state index in [0.29, 0.717) is 11.2 Å². The molecule has 0 aliphatic heterocycles. The first-order valence-corrected chi connectivity index (χ1v) is 8.36. The maximum absolute atomic E-state index is 12.4. The van der Waals surface area contributed by atoms with Gasteiger partial charge in [-0.3, -0.25) is 4.79 Å². The predicted molar refractivity (Wildman–Crippen MR) is 106 cm³/mol. The quantitative estimate of drug-likeness (QED) is 0.552. The average molecular weight is 342 g/mol.